The molecule has 0 heterocycles. The lowest BCUT2D eigenvalue weighted by atomic mass is 10.1. The molecule has 5 heteroatoms. The second-order valence-electron chi connectivity index (χ2n) is 3.84. The number of rotatable bonds is 5. The number of nitrogens with one attached hydrogen (secondary N) is 1. The Kier molecular flexibility index (Phi) is 5.87. The van der Waals surface area contributed by atoms with Crippen LogP contribution < -0.4 is 11.1 Å². The van der Waals surface area contributed by atoms with E-state index in [4.69, 9.17) is 10.5 Å². The van der Waals surface area contributed by atoms with Crippen molar-refractivity contribution in [2.45, 2.75) is 19.4 Å². The number of aryl methyl sites for hydroxylation is 1. The molecular weight excluding hydrogens is 331 g/mol. The Labute approximate surface area is 115 Å². The van der Waals surface area contributed by atoms with E-state index in [0.29, 0.717) is 13.0 Å². The molecule has 0 aromatic heterocycles. The van der Waals surface area contributed by atoms with Crippen LogP contribution in [0.15, 0.2) is 18.2 Å². The van der Waals surface area contributed by atoms with Crippen LogP contribution in [0.25, 0.3) is 0 Å². The van der Waals surface area contributed by atoms with E-state index in [1.165, 1.54) is 0 Å². The van der Waals surface area contributed by atoms with Crippen molar-refractivity contribution in [2.75, 3.05) is 19.0 Å². The SMILES string of the molecule is COCCC(N)C(=O)Nc1ccc(I)cc1C. The van der Waals surface area contributed by atoms with Gasteiger partial charge in [-0.1, -0.05) is 0 Å². The van der Waals surface area contributed by atoms with Gasteiger partial charge >= 0.3 is 0 Å². The summed E-state index contributed by atoms with van der Waals surface area (Å²) in [5.74, 6) is -0.175. The quantitative estimate of drug-likeness (QED) is 0.799. The zero-order chi connectivity index (χ0) is 12.8. The van der Waals surface area contributed by atoms with Crippen molar-refractivity contribution in [2.24, 2.45) is 5.73 Å². The zero-order valence-corrected chi connectivity index (χ0v) is 12.2. The largest absolute Gasteiger partial charge is 0.385 e. The number of carbonyl (C=O) groups excluding carboxylic acids is 1. The number of hydrogen-bond acceptors (Lipinski definition) is 3. The summed E-state index contributed by atoms with van der Waals surface area (Å²) >= 11 is 2.23. The van der Waals surface area contributed by atoms with Gasteiger partial charge in [0.15, 0.2) is 0 Å². The molecule has 1 atom stereocenters. The van der Waals surface area contributed by atoms with Gasteiger partial charge < -0.3 is 15.8 Å². The molecule has 0 aliphatic heterocycles. The molecule has 0 aliphatic carbocycles. The summed E-state index contributed by atoms with van der Waals surface area (Å²) in [7, 11) is 1.59. The van der Waals surface area contributed by atoms with Crippen LogP contribution in [-0.2, 0) is 9.53 Å². The monoisotopic (exact) mass is 348 g/mol. The van der Waals surface area contributed by atoms with E-state index in [9.17, 15) is 4.79 Å². The Bertz CT molecular complexity index is 396. The topological polar surface area (TPSA) is 64.3 Å². The Morgan fingerprint density at radius 1 is 1.59 bits per heavy atom. The van der Waals surface area contributed by atoms with Gasteiger partial charge in [-0.3, -0.25) is 4.79 Å². The summed E-state index contributed by atoms with van der Waals surface area (Å²) < 4.78 is 6.03. The summed E-state index contributed by atoms with van der Waals surface area (Å²) in [6.07, 6.45) is 0.520. The zero-order valence-electron chi connectivity index (χ0n) is 10.00. The van der Waals surface area contributed by atoms with Crippen LogP contribution in [0.4, 0.5) is 5.69 Å². The van der Waals surface area contributed by atoms with Crippen molar-refractivity contribution in [1.82, 2.24) is 0 Å². The fourth-order valence-electron chi connectivity index (χ4n) is 1.37. The molecule has 0 radical (unpaired) electrons. The summed E-state index contributed by atoms with van der Waals surface area (Å²) in [6, 6.07) is 5.31. The van der Waals surface area contributed by atoms with Crippen LogP contribution in [-0.4, -0.2) is 25.7 Å². The normalized spacial score (nSPS) is 12.2. The number of methoxy groups -OCH3 is 1. The molecule has 0 bridgehead atoms. The first-order chi connectivity index (χ1) is 8.04. The fourth-order valence-corrected chi connectivity index (χ4v) is 2.02. The van der Waals surface area contributed by atoms with E-state index in [2.05, 4.69) is 27.9 Å². The number of hydrogen-bond donors (Lipinski definition) is 2. The first-order valence-electron chi connectivity index (χ1n) is 5.36. The van der Waals surface area contributed by atoms with Gasteiger partial charge in [-0.2, -0.15) is 0 Å². The van der Waals surface area contributed by atoms with Crippen LogP contribution in [0.5, 0.6) is 0 Å². The first kappa shape index (κ1) is 14.4. The van der Waals surface area contributed by atoms with Crippen molar-refractivity contribution >= 4 is 34.2 Å². The summed E-state index contributed by atoms with van der Waals surface area (Å²) in [6.45, 7) is 2.44. The maximum absolute atomic E-state index is 11.8. The maximum Gasteiger partial charge on any atom is 0.241 e. The van der Waals surface area contributed by atoms with E-state index in [-0.39, 0.29) is 5.91 Å². The minimum absolute atomic E-state index is 0.175. The minimum Gasteiger partial charge on any atom is -0.385 e. The number of nitrogens with two attached hydrogens (primary N) is 1. The number of ether oxygens (including phenoxy) is 1. The molecule has 0 saturated heterocycles. The summed E-state index contributed by atoms with van der Waals surface area (Å²) in [5.41, 5.74) is 7.58. The van der Waals surface area contributed by atoms with Gasteiger partial charge in [0.05, 0.1) is 6.04 Å². The highest BCUT2D eigenvalue weighted by atomic mass is 127. The van der Waals surface area contributed by atoms with E-state index in [1.807, 2.05) is 25.1 Å². The molecule has 1 aromatic rings. The lowest BCUT2D eigenvalue weighted by molar-refractivity contribution is -0.117. The van der Waals surface area contributed by atoms with E-state index in [1.54, 1.807) is 7.11 Å². The third-order valence-corrected chi connectivity index (χ3v) is 3.09. The minimum atomic E-state index is -0.534. The predicted molar refractivity (Wildman–Crippen MR) is 77.0 cm³/mol. The highest BCUT2D eigenvalue weighted by Crippen LogP contribution is 2.17. The van der Waals surface area contributed by atoms with Gasteiger partial charge in [-0.05, 0) is 59.7 Å². The maximum atomic E-state index is 11.8. The van der Waals surface area contributed by atoms with Crippen molar-refractivity contribution in [3.63, 3.8) is 0 Å². The molecule has 17 heavy (non-hydrogen) atoms. The van der Waals surface area contributed by atoms with Crippen molar-refractivity contribution in [1.29, 1.82) is 0 Å². The number of halogens is 1. The molecule has 0 fully saturated rings. The molecule has 4 nitrogen and oxygen atoms in total. The van der Waals surface area contributed by atoms with Crippen molar-refractivity contribution in [3.05, 3.63) is 27.3 Å². The predicted octanol–water partition coefficient (Wildman–Crippen LogP) is 1.90. The molecule has 0 spiro atoms. The fraction of sp³-hybridized carbons (Fsp3) is 0.417. The Morgan fingerprint density at radius 3 is 2.88 bits per heavy atom. The number of anilines is 1. The standard InChI is InChI=1S/C12H17IN2O2/c1-8-7-9(13)3-4-11(8)15-12(16)10(14)5-6-17-2/h3-4,7,10H,5-6,14H2,1-2H3,(H,15,16). The second-order valence-corrected chi connectivity index (χ2v) is 5.08. The number of benzene rings is 1. The molecule has 1 amide bonds. The summed E-state index contributed by atoms with van der Waals surface area (Å²) in [5, 5.41) is 2.82. The second kappa shape index (κ2) is 6.93. The Balaban J connectivity index is 2.61. The molecule has 94 valence electrons. The molecule has 0 aliphatic rings. The first-order valence-corrected chi connectivity index (χ1v) is 6.44. The average molecular weight is 348 g/mol. The smallest absolute Gasteiger partial charge is 0.241 e. The Hall–Kier alpha value is -0.660. The van der Waals surface area contributed by atoms with Crippen molar-refractivity contribution < 1.29 is 9.53 Å². The molecular formula is C12H17IN2O2. The average Bonchev–Trinajstić information content (AvgIpc) is 2.29. The molecule has 0 saturated carbocycles. The lowest BCUT2D eigenvalue weighted by Gasteiger charge is -2.13. The van der Waals surface area contributed by atoms with E-state index in [0.717, 1.165) is 14.8 Å². The van der Waals surface area contributed by atoms with Crippen LogP contribution in [0.1, 0.15) is 12.0 Å². The van der Waals surface area contributed by atoms with Gasteiger partial charge in [0.2, 0.25) is 5.91 Å². The van der Waals surface area contributed by atoms with Crippen molar-refractivity contribution in [3.8, 4) is 0 Å². The van der Waals surface area contributed by atoms with Gasteiger partial charge in [-0.25, -0.2) is 0 Å². The van der Waals surface area contributed by atoms with E-state index >= 15 is 0 Å². The van der Waals surface area contributed by atoms with Gasteiger partial charge in [0, 0.05) is 23.0 Å². The van der Waals surface area contributed by atoms with E-state index < -0.39 is 6.04 Å². The van der Waals surface area contributed by atoms with Crippen LogP contribution in [0.3, 0.4) is 0 Å². The highest BCUT2D eigenvalue weighted by Gasteiger charge is 2.13. The number of amides is 1. The highest BCUT2D eigenvalue weighted by molar-refractivity contribution is 14.1. The van der Waals surface area contributed by atoms with Gasteiger partial charge in [0.1, 0.15) is 0 Å². The number of carbonyl (C=O) groups is 1. The molecule has 1 rings (SSSR count). The van der Waals surface area contributed by atoms with Gasteiger partial charge in [0.25, 0.3) is 0 Å². The summed E-state index contributed by atoms with van der Waals surface area (Å²) in [4.78, 5) is 11.8. The third kappa shape index (κ3) is 4.61. The molecule has 1 unspecified atom stereocenters. The molecule has 3 N–H and O–H groups in total. The molecule has 1 aromatic carbocycles. The lowest BCUT2D eigenvalue weighted by Crippen LogP contribution is -2.36. The van der Waals surface area contributed by atoms with Crippen LogP contribution in [0, 0.1) is 10.5 Å². The third-order valence-electron chi connectivity index (χ3n) is 2.42. The van der Waals surface area contributed by atoms with Crippen LogP contribution >= 0.6 is 22.6 Å². The Morgan fingerprint density at radius 2 is 2.29 bits per heavy atom. The van der Waals surface area contributed by atoms with Crippen LogP contribution in [0.2, 0.25) is 0 Å². The van der Waals surface area contributed by atoms with Gasteiger partial charge in [-0.15, -0.1) is 0 Å².